The van der Waals surface area contributed by atoms with Crippen LogP contribution in [0.15, 0.2) is 54.6 Å². The smallest absolute Gasteiger partial charge is 0.251 e. The molecule has 0 bridgehead atoms. The summed E-state index contributed by atoms with van der Waals surface area (Å²) in [5.74, 6) is -0.468. The average molecular weight is 438 g/mol. The third kappa shape index (κ3) is 6.90. The van der Waals surface area contributed by atoms with Crippen molar-refractivity contribution in [3.8, 4) is 0 Å². The van der Waals surface area contributed by atoms with E-state index in [0.29, 0.717) is 18.7 Å². The van der Waals surface area contributed by atoms with Crippen molar-refractivity contribution >= 4 is 11.8 Å². The number of ether oxygens (including phenoxy) is 1. The molecule has 1 fully saturated rings. The van der Waals surface area contributed by atoms with Crippen molar-refractivity contribution in [2.45, 2.75) is 51.8 Å². The quantitative estimate of drug-likeness (QED) is 0.698. The molecule has 3 rings (SSSR count). The predicted octanol–water partition coefficient (Wildman–Crippen LogP) is 3.12. The summed E-state index contributed by atoms with van der Waals surface area (Å²) in [7, 11) is 0. The number of carbonyl (C=O) groups is 2. The molecule has 0 radical (unpaired) electrons. The lowest BCUT2D eigenvalue weighted by atomic mass is 9.86. The molecule has 2 amide bonds. The third-order valence-electron chi connectivity index (χ3n) is 5.73. The number of nitrogens with one attached hydrogen (secondary N) is 2. The first-order chi connectivity index (χ1) is 15.2. The van der Waals surface area contributed by atoms with Crippen molar-refractivity contribution in [3.63, 3.8) is 0 Å². The third-order valence-corrected chi connectivity index (χ3v) is 5.73. The number of nitrogens with zero attached hydrogens (tertiary/aromatic N) is 1. The molecule has 2 aromatic rings. The van der Waals surface area contributed by atoms with Gasteiger partial charge in [0.1, 0.15) is 6.04 Å². The molecule has 1 heterocycles. The van der Waals surface area contributed by atoms with Gasteiger partial charge in [0, 0.05) is 31.7 Å². The number of rotatable bonds is 7. The Hall–Kier alpha value is -2.70. The van der Waals surface area contributed by atoms with Crippen LogP contribution in [0.5, 0.6) is 0 Å². The molecule has 6 nitrogen and oxygen atoms in total. The van der Waals surface area contributed by atoms with Crippen LogP contribution in [0.1, 0.15) is 49.2 Å². The van der Waals surface area contributed by atoms with Gasteiger partial charge in [0.25, 0.3) is 5.91 Å². The Labute approximate surface area is 191 Å². The molecule has 0 aromatic heterocycles. The molecule has 0 saturated carbocycles. The Morgan fingerprint density at radius 2 is 1.78 bits per heavy atom. The second-order valence-corrected chi connectivity index (χ2v) is 9.48. The van der Waals surface area contributed by atoms with Crippen molar-refractivity contribution in [1.29, 1.82) is 0 Å². The van der Waals surface area contributed by atoms with E-state index < -0.39 is 6.04 Å². The molecule has 172 valence electrons. The van der Waals surface area contributed by atoms with E-state index in [1.807, 2.05) is 30.3 Å². The maximum absolute atomic E-state index is 12.5. The molecule has 1 aliphatic rings. The summed E-state index contributed by atoms with van der Waals surface area (Å²) in [6.07, 6.45) is -0.0655. The number of carbonyl (C=O) groups excluding carboxylic acids is 2. The minimum atomic E-state index is -0.631. The maximum atomic E-state index is 12.5. The molecule has 0 aliphatic carbocycles. The van der Waals surface area contributed by atoms with E-state index in [1.165, 1.54) is 5.56 Å². The summed E-state index contributed by atoms with van der Waals surface area (Å²) in [6.45, 7) is 11.7. The zero-order valence-corrected chi connectivity index (χ0v) is 19.6. The number of hydrogen-bond donors (Lipinski definition) is 2. The number of morpholine rings is 1. The summed E-state index contributed by atoms with van der Waals surface area (Å²) < 4.78 is 5.82. The number of amides is 2. The number of hydrogen-bond acceptors (Lipinski definition) is 4. The number of benzene rings is 2. The van der Waals surface area contributed by atoms with Gasteiger partial charge in [0.2, 0.25) is 5.91 Å². The predicted molar refractivity (Wildman–Crippen MR) is 127 cm³/mol. The van der Waals surface area contributed by atoms with Crippen molar-refractivity contribution in [2.75, 3.05) is 26.2 Å². The molecule has 32 heavy (non-hydrogen) atoms. The van der Waals surface area contributed by atoms with Crippen LogP contribution in [0.2, 0.25) is 0 Å². The van der Waals surface area contributed by atoms with Crippen molar-refractivity contribution in [1.82, 2.24) is 15.5 Å². The molecule has 6 heteroatoms. The van der Waals surface area contributed by atoms with Gasteiger partial charge in [-0.1, -0.05) is 63.2 Å². The van der Waals surface area contributed by atoms with E-state index in [-0.39, 0.29) is 23.3 Å². The summed E-state index contributed by atoms with van der Waals surface area (Å²) in [5, 5.41) is 5.70. The highest BCUT2D eigenvalue weighted by Crippen LogP contribution is 2.22. The summed E-state index contributed by atoms with van der Waals surface area (Å²) in [4.78, 5) is 27.4. The van der Waals surface area contributed by atoms with Crippen LogP contribution in [0.25, 0.3) is 0 Å². The fourth-order valence-corrected chi connectivity index (χ4v) is 3.72. The van der Waals surface area contributed by atoms with Crippen molar-refractivity contribution < 1.29 is 14.3 Å². The van der Waals surface area contributed by atoms with Crippen LogP contribution in [0, 0.1) is 0 Å². The van der Waals surface area contributed by atoms with Crippen LogP contribution in [0.3, 0.4) is 0 Å². The van der Waals surface area contributed by atoms with Gasteiger partial charge in [-0.25, -0.2) is 0 Å². The van der Waals surface area contributed by atoms with Crippen molar-refractivity contribution in [3.05, 3.63) is 71.3 Å². The molecule has 2 unspecified atom stereocenters. The first-order valence-corrected chi connectivity index (χ1v) is 11.3. The van der Waals surface area contributed by atoms with Crippen LogP contribution < -0.4 is 10.6 Å². The van der Waals surface area contributed by atoms with Gasteiger partial charge in [0.15, 0.2) is 0 Å². The van der Waals surface area contributed by atoms with Crippen LogP contribution in [0.4, 0.5) is 0 Å². The second kappa shape index (κ2) is 10.7. The Bertz CT molecular complexity index is 891. The van der Waals surface area contributed by atoms with Gasteiger partial charge >= 0.3 is 0 Å². The maximum Gasteiger partial charge on any atom is 0.251 e. The van der Waals surface area contributed by atoms with E-state index in [2.05, 4.69) is 48.4 Å². The minimum absolute atomic E-state index is 0.0278. The molecule has 2 aromatic carbocycles. The Morgan fingerprint density at radius 1 is 1.09 bits per heavy atom. The van der Waals surface area contributed by atoms with E-state index in [4.69, 9.17) is 4.74 Å². The van der Waals surface area contributed by atoms with E-state index in [0.717, 1.165) is 25.2 Å². The average Bonchev–Trinajstić information content (AvgIpc) is 2.78. The van der Waals surface area contributed by atoms with Crippen LogP contribution in [-0.4, -0.2) is 55.1 Å². The molecule has 1 saturated heterocycles. The molecular weight excluding hydrogens is 402 g/mol. The highest BCUT2D eigenvalue weighted by atomic mass is 16.5. The zero-order valence-electron chi connectivity index (χ0n) is 19.6. The van der Waals surface area contributed by atoms with Gasteiger partial charge in [-0.2, -0.15) is 0 Å². The monoisotopic (exact) mass is 437 g/mol. The Balaban J connectivity index is 1.44. The Kier molecular flexibility index (Phi) is 8.04. The molecule has 0 spiro atoms. The highest BCUT2D eigenvalue weighted by molar-refractivity contribution is 5.97. The van der Waals surface area contributed by atoms with E-state index in [9.17, 15) is 9.59 Å². The Morgan fingerprint density at radius 3 is 2.44 bits per heavy atom. The van der Waals surface area contributed by atoms with Gasteiger partial charge < -0.3 is 15.4 Å². The summed E-state index contributed by atoms with van der Waals surface area (Å²) >= 11 is 0. The lowest BCUT2D eigenvalue weighted by Gasteiger charge is -2.33. The molecule has 2 atom stereocenters. The molecule has 1 aliphatic heterocycles. The first-order valence-electron chi connectivity index (χ1n) is 11.3. The first kappa shape index (κ1) is 24.0. The fraction of sp³-hybridized carbons (Fsp3) is 0.462. The molecule has 2 N–H and O–H groups in total. The van der Waals surface area contributed by atoms with Crippen LogP contribution in [-0.2, 0) is 21.5 Å². The van der Waals surface area contributed by atoms with E-state index in [1.54, 1.807) is 19.1 Å². The largest absolute Gasteiger partial charge is 0.374 e. The van der Waals surface area contributed by atoms with Gasteiger partial charge in [-0.05, 0) is 35.6 Å². The second-order valence-electron chi connectivity index (χ2n) is 9.48. The summed E-state index contributed by atoms with van der Waals surface area (Å²) in [6, 6.07) is 17.2. The van der Waals surface area contributed by atoms with Crippen molar-refractivity contribution in [2.24, 2.45) is 0 Å². The lowest BCUT2D eigenvalue weighted by Crippen LogP contribution is -2.50. The normalized spacial score (nSPS) is 18.1. The van der Waals surface area contributed by atoms with E-state index >= 15 is 0 Å². The van der Waals surface area contributed by atoms with Crippen LogP contribution >= 0.6 is 0 Å². The standard InChI is InChI=1S/C26H35N3O3/c1-19(28-25(31)21-10-12-22(13-11-21)26(2,3)4)24(30)27-16-23-18-29(14-15-32-23)17-20-8-6-5-7-9-20/h5-13,19,23H,14-18H2,1-4H3,(H,27,30)(H,28,31). The highest BCUT2D eigenvalue weighted by Gasteiger charge is 2.23. The van der Waals surface area contributed by atoms with Gasteiger partial charge in [-0.15, -0.1) is 0 Å². The topological polar surface area (TPSA) is 70.7 Å². The van der Waals surface area contributed by atoms with Gasteiger partial charge in [0.05, 0.1) is 12.7 Å². The summed E-state index contributed by atoms with van der Waals surface area (Å²) in [5.41, 5.74) is 3.00. The fourth-order valence-electron chi connectivity index (χ4n) is 3.72. The molecular formula is C26H35N3O3. The lowest BCUT2D eigenvalue weighted by molar-refractivity contribution is -0.123. The SMILES string of the molecule is CC(NC(=O)c1ccc(C(C)(C)C)cc1)C(=O)NCC1CN(Cc2ccccc2)CCO1. The van der Waals surface area contributed by atoms with Gasteiger partial charge in [-0.3, -0.25) is 14.5 Å². The minimum Gasteiger partial charge on any atom is -0.374 e. The zero-order chi connectivity index (χ0) is 23.1.